The van der Waals surface area contributed by atoms with Crippen molar-refractivity contribution in [1.29, 1.82) is 0 Å². The Morgan fingerprint density at radius 2 is 2.27 bits per heavy atom. The summed E-state index contributed by atoms with van der Waals surface area (Å²) in [5.41, 5.74) is 0.852. The van der Waals surface area contributed by atoms with Crippen molar-refractivity contribution in [3.63, 3.8) is 0 Å². The fourth-order valence-corrected chi connectivity index (χ4v) is 1.66. The third-order valence-electron chi connectivity index (χ3n) is 2.33. The number of aliphatic carboxylic acids is 1. The molecule has 0 aliphatic heterocycles. The van der Waals surface area contributed by atoms with Gasteiger partial charge in [0, 0.05) is 19.7 Å². The smallest absolute Gasteiger partial charge is 0.306 e. The molecular formula is C11H18N2O2. The molecule has 0 bridgehead atoms. The van der Waals surface area contributed by atoms with Gasteiger partial charge >= 0.3 is 5.97 Å². The molecule has 0 fully saturated rings. The molecule has 0 radical (unpaired) electrons. The Balaban J connectivity index is 2.62. The van der Waals surface area contributed by atoms with Gasteiger partial charge in [-0.25, -0.2) is 0 Å². The van der Waals surface area contributed by atoms with Crippen LogP contribution in [0.15, 0.2) is 12.3 Å². The van der Waals surface area contributed by atoms with Crippen molar-refractivity contribution in [3.05, 3.63) is 18.0 Å². The minimum Gasteiger partial charge on any atom is -0.481 e. The Morgan fingerprint density at radius 3 is 2.67 bits per heavy atom. The molecule has 0 spiro atoms. The summed E-state index contributed by atoms with van der Waals surface area (Å²) in [5, 5.41) is 13.2. The van der Waals surface area contributed by atoms with Gasteiger partial charge < -0.3 is 5.11 Å². The molecule has 0 saturated heterocycles. The highest BCUT2D eigenvalue weighted by molar-refractivity contribution is 5.70. The van der Waals surface area contributed by atoms with Crippen LogP contribution >= 0.6 is 0 Å². The van der Waals surface area contributed by atoms with Crippen LogP contribution in [0.25, 0.3) is 0 Å². The first-order chi connectivity index (χ1) is 6.99. The average molecular weight is 210 g/mol. The average Bonchev–Trinajstić information content (AvgIpc) is 2.49. The van der Waals surface area contributed by atoms with Crippen LogP contribution in [0, 0.1) is 11.8 Å². The summed E-state index contributed by atoms with van der Waals surface area (Å²) in [6.45, 7) is 4.07. The summed E-state index contributed by atoms with van der Waals surface area (Å²) in [5.74, 6) is -0.649. The van der Waals surface area contributed by atoms with Crippen LogP contribution in [0.2, 0.25) is 0 Å². The van der Waals surface area contributed by atoms with Gasteiger partial charge in [0.05, 0.1) is 11.6 Å². The van der Waals surface area contributed by atoms with Crippen LogP contribution in [0.4, 0.5) is 0 Å². The van der Waals surface area contributed by atoms with Gasteiger partial charge in [-0.1, -0.05) is 13.8 Å². The van der Waals surface area contributed by atoms with Gasteiger partial charge in [-0.2, -0.15) is 5.10 Å². The SMILES string of the molecule is CC(C)CC(Cc1ccn(C)n1)C(=O)O. The van der Waals surface area contributed by atoms with E-state index in [9.17, 15) is 4.79 Å². The van der Waals surface area contributed by atoms with E-state index in [2.05, 4.69) is 5.10 Å². The Labute approximate surface area is 89.9 Å². The topological polar surface area (TPSA) is 55.1 Å². The molecule has 1 aromatic heterocycles. The molecule has 0 aliphatic rings. The molecule has 1 aromatic rings. The molecule has 15 heavy (non-hydrogen) atoms. The van der Waals surface area contributed by atoms with E-state index in [1.54, 1.807) is 4.68 Å². The number of carboxylic acid groups (broad SMARTS) is 1. The van der Waals surface area contributed by atoms with E-state index >= 15 is 0 Å². The second-order valence-electron chi connectivity index (χ2n) is 4.35. The van der Waals surface area contributed by atoms with Crippen LogP contribution in [0.5, 0.6) is 0 Å². The van der Waals surface area contributed by atoms with Crippen LogP contribution in [-0.4, -0.2) is 20.9 Å². The first kappa shape index (κ1) is 11.8. The second kappa shape index (κ2) is 4.96. The molecule has 1 unspecified atom stereocenters. The van der Waals surface area contributed by atoms with Gasteiger partial charge in [0.15, 0.2) is 0 Å². The molecular weight excluding hydrogens is 192 g/mol. The molecule has 1 rings (SSSR count). The van der Waals surface area contributed by atoms with Crippen molar-refractivity contribution in [1.82, 2.24) is 9.78 Å². The lowest BCUT2D eigenvalue weighted by molar-refractivity contribution is -0.142. The van der Waals surface area contributed by atoms with E-state index < -0.39 is 5.97 Å². The third kappa shape index (κ3) is 3.73. The van der Waals surface area contributed by atoms with Gasteiger partial charge in [-0.15, -0.1) is 0 Å². The number of carboxylic acids is 1. The van der Waals surface area contributed by atoms with Gasteiger partial charge in [0.1, 0.15) is 0 Å². The third-order valence-corrected chi connectivity index (χ3v) is 2.33. The van der Waals surface area contributed by atoms with E-state index in [1.165, 1.54) is 0 Å². The van der Waals surface area contributed by atoms with E-state index in [4.69, 9.17) is 5.11 Å². The molecule has 84 valence electrons. The Hall–Kier alpha value is -1.32. The maximum absolute atomic E-state index is 11.0. The Kier molecular flexibility index (Phi) is 3.88. The van der Waals surface area contributed by atoms with Crippen molar-refractivity contribution in [2.75, 3.05) is 0 Å². The number of carbonyl (C=O) groups is 1. The predicted molar refractivity (Wildman–Crippen MR) is 57.5 cm³/mol. The van der Waals surface area contributed by atoms with E-state index in [0.29, 0.717) is 18.8 Å². The Morgan fingerprint density at radius 1 is 1.60 bits per heavy atom. The van der Waals surface area contributed by atoms with Crippen LogP contribution in [0.3, 0.4) is 0 Å². The highest BCUT2D eigenvalue weighted by atomic mass is 16.4. The zero-order valence-corrected chi connectivity index (χ0v) is 9.47. The van der Waals surface area contributed by atoms with Crippen molar-refractivity contribution in [3.8, 4) is 0 Å². The van der Waals surface area contributed by atoms with Gasteiger partial charge in [-0.05, 0) is 18.4 Å². The maximum atomic E-state index is 11.0. The standard InChI is InChI=1S/C11H18N2O2/c1-8(2)6-9(11(14)15)7-10-4-5-13(3)12-10/h4-5,8-9H,6-7H2,1-3H3,(H,14,15). The first-order valence-corrected chi connectivity index (χ1v) is 5.20. The molecule has 4 heteroatoms. The number of aromatic nitrogens is 2. The highest BCUT2D eigenvalue weighted by Gasteiger charge is 2.20. The summed E-state index contributed by atoms with van der Waals surface area (Å²) >= 11 is 0. The molecule has 1 N–H and O–H groups in total. The molecule has 1 heterocycles. The van der Waals surface area contributed by atoms with Crippen molar-refractivity contribution in [2.24, 2.45) is 18.9 Å². The summed E-state index contributed by atoms with van der Waals surface area (Å²) in [7, 11) is 1.84. The molecule has 1 atom stereocenters. The highest BCUT2D eigenvalue weighted by Crippen LogP contribution is 2.16. The van der Waals surface area contributed by atoms with E-state index in [1.807, 2.05) is 33.2 Å². The summed E-state index contributed by atoms with van der Waals surface area (Å²) in [6.07, 6.45) is 3.06. The molecule has 4 nitrogen and oxygen atoms in total. The number of nitrogens with zero attached hydrogens (tertiary/aromatic N) is 2. The molecule has 0 aromatic carbocycles. The number of hydrogen-bond acceptors (Lipinski definition) is 2. The zero-order valence-electron chi connectivity index (χ0n) is 9.47. The lowest BCUT2D eigenvalue weighted by Gasteiger charge is -2.12. The van der Waals surface area contributed by atoms with Gasteiger partial charge in [-0.3, -0.25) is 9.48 Å². The minimum absolute atomic E-state index is 0.320. The lowest BCUT2D eigenvalue weighted by Crippen LogP contribution is -2.18. The summed E-state index contributed by atoms with van der Waals surface area (Å²) in [4.78, 5) is 11.0. The van der Waals surface area contributed by atoms with E-state index in [-0.39, 0.29) is 5.92 Å². The monoisotopic (exact) mass is 210 g/mol. The Bertz CT molecular complexity index is 331. The second-order valence-corrected chi connectivity index (χ2v) is 4.35. The van der Waals surface area contributed by atoms with Crippen LogP contribution in [0.1, 0.15) is 26.0 Å². The quantitative estimate of drug-likeness (QED) is 0.805. The predicted octanol–water partition coefficient (Wildman–Crippen LogP) is 1.71. The fourth-order valence-electron chi connectivity index (χ4n) is 1.66. The number of rotatable bonds is 5. The van der Waals surface area contributed by atoms with E-state index in [0.717, 1.165) is 5.69 Å². The maximum Gasteiger partial charge on any atom is 0.306 e. The lowest BCUT2D eigenvalue weighted by atomic mass is 9.93. The van der Waals surface area contributed by atoms with Crippen LogP contribution in [-0.2, 0) is 18.3 Å². The first-order valence-electron chi connectivity index (χ1n) is 5.20. The zero-order chi connectivity index (χ0) is 11.4. The molecule has 0 aliphatic carbocycles. The van der Waals surface area contributed by atoms with Gasteiger partial charge in [0.25, 0.3) is 0 Å². The van der Waals surface area contributed by atoms with Crippen molar-refractivity contribution in [2.45, 2.75) is 26.7 Å². The van der Waals surface area contributed by atoms with Crippen molar-refractivity contribution >= 4 is 5.97 Å². The van der Waals surface area contributed by atoms with Crippen LogP contribution < -0.4 is 0 Å². The summed E-state index contributed by atoms with van der Waals surface area (Å²) in [6, 6.07) is 1.87. The van der Waals surface area contributed by atoms with Crippen molar-refractivity contribution < 1.29 is 9.90 Å². The summed E-state index contributed by atoms with van der Waals surface area (Å²) < 4.78 is 1.70. The molecule has 0 amide bonds. The van der Waals surface area contributed by atoms with Gasteiger partial charge in [0.2, 0.25) is 0 Å². The molecule has 0 saturated carbocycles. The normalized spacial score (nSPS) is 13.1. The number of hydrogen-bond donors (Lipinski definition) is 1. The minimum atomic E-state index is -0.727. The number of aryl methyl sites for hydroxylation is 1. The largest absolute Gasteiger partial charge is 0.481 e. The fraction of sp³-hybridized carbons (Fsp3) is 0.636.